The van der Waals surface area contributed by atoms with Crippen molar-refractivity contribution < 1.29 is 23.0 Å². The van der Waals surface area contributed by atoms with Crippen molar-refractivity contribution in [3.63, 3.8) is 0 Å². The monoisotopic (exact) mass is 359 g/mol. The number of hydrogen-bond acceptors (Lipinski definition) is 5. The molecule has 0 saturated heterocycles. The van der Waals surface area contributed by atoms with E-state index in [1.807, 2.05) is 6.07 Å². The topological polar surface area (TPSA) is 76.4 Å². The van der Waals surface area contributed by atoms with Crippen molar-refractivity contribution in [2.75, 3.05) is 13.8 Å². The zero-order chi connectivity index (χ0) is 18.2. The van der Waals surface area contributed by atoms with E-state index in [2.05, 4.69) is 0 Å². The number of ketones is 1. The van der Waals surface area contributed by atoms with Crippen molar-refractivity contribution in [1.29, 1.82) is 5.26 Å². The van der Waals surface area contributed by atoms with Crippen LogP contribution in [0.4, 0.5) is 4.39 Å². The molecule has 5 nitrogen and oxygen atoms in total. The Hall–Kier alpha value is -2.48. The second kappa shape index (κ2) is 6.44. The average Bonchev–Trinajstić information content (AvgIpc) is 2.97. The Bertz CT molecular complexity index is 964. The molecular formula is C18H15FNO4P. The van der Waals surface area contributed by atoms with Gasteiger partial charge in [0, 0.05) is 42.7 Å². The number of carbonyl (C=O) groups is 1. The molecule has 7 heteroatoms. The van der Waals surface area contributed by atoms with Crippen molar-refractivity contribution in [3.8, 4) is 17.6 Å². The molecule has 0 radical (unpaired) electrons. The summed E-state index contributed by atoms with van der Waals surface area (Å²) in [5, 5.41) is 9.31. The summed E-state index contributed by atoms with van der Waals surface area (Å²) in [6.07, 6.45) is 0.737. The fourth-order valence-corrected chi connectivity index (χ4v) is 4.09. The van der Waals surface area contributed by atoms with Gasteiger partial charge in [0.05, 0.1) is 11.6 Å². The second-order valence-electron chi connectivity index (χ2n) is 5.78. The van der Waals surface area contributed by atoms with E-state index in [0.29, 0.717) is 35.0 Å². The molecule has 0 fully saturated rings. The Morgan fingerprint density at radius 3 is 2.68 bits per heavy atom. The van der Waals surface area contributed by atoms with E-state index in [-0.39, 0.29) is 17.1 Å². The van der Waals surface area contributed by atoms with Crippen LogP contribution in [0.25, 0.3) is 0 Å². The lowest BCUT2D eigenvalue weighted by atomic mass is 10.1. The van der Waals surface area contributed by atoms with E-state index in [0.717, 1.165) is 12.1 Å². The molecule has 128 valence electrons. The minimum Gasteiger partial charge on any atom is -0.457 e. The van der Waals surface area contributed by atoms with Gasteiger partial charge in [0.15, 0.2) is 5.78 Å². The maximum Gasteiger partial charge on any atom is 0.229 e. The van der Waals surface area contributed by atoms with Gasteiger partial charge in [-0.25, -0.2) is 4.39 Å². The molecule has 1 aliphatic carbocycles. The summed E-state index contributed by atoms with van der Waals surface area (Å²) < 4.78 is 37.0. The summed E-state index contributed by atoms with van der Waals surface area (Å²) in [6.45, 7) is 1.46. The Labute approximate surface area is 144 Å². The molecule has 1 unspecified atom stereocenters. The van der Waals surface area contributed by atoms with Crippen LogP contribution in [-0.4, -0.2) is 19.6 Å². The van der Waals surface area contributed by atoms with Crippen LogP contribution in [0.1, 0.15) is 27.9 Å². The zero-order valence-electron chi connectivity index (χ0n) is 13.7. The summed E-state index contributed by atoms with van der Waals surface area (Å²) in [5.74, 6) is -0.158. The van der Waals surface area contributed by atoms with Crippen LogP contribution >= 0.6 is 7.37 Å². The predicted octanol–water partition coefficient (Wildman–Crippen LogP) is 3.80. The van der Waals surface area contributed by atoms with Crippen molar-refractivity contribution in [2.45, 2.75) is 12.8 Å². The first-order valence-electron chi connectivity index (χ1n) is 7.57. The summed E-state index contributed by atoms with van der Waals surface area (Å²) in [5.41, 5.74) is 1.13. The fourth-order valence-electron chi connectivity index (χ4n) is 2.88. The zero-order valence-corrected chi connectivity index (χ0v) is 14.6. The first-order valence-corrected chi connectivity index (χ1v) is 9.64. The fraction of sp³-hybridized carbons (Fsp3) is 0.222. The van der Waals surface area contributed by atoms with Gasteiger partial charge in [-0.3, -0.25) is 9.36 Å². The number of halogens is 1. The van der Waals surface area contributed by atoms with Gasteiger partial charge in [0.25, 0.3) is 0 Å². The van der Waals surface area contributed by atoms with E-state index in [4.69, 9.17) is 14.5 Å². The molecule has 0 N–H and O–H groups in total. The quantitative estimate of drug-likeness (QED) is 0.776. The average molecular weight is 359 g/mol. The van der Waals surface area contributed by atoms with E-state index in [9.17, 15) is 13.8 Å². The highest BCUT2D eigenvalue weighted by molar-refractivity contribution is 7.66. The van der Waals surface area contributed by atoms with Gasteiger partial charge < -0.3 is 9.26 Å². The molecule has 0 bridgehead atoms. The number of hydrogen-bond donors (Lipinski definition) is 0. The molecule has 0 amide bonds. The molecule has 0 aromatic heterocycles. The molecule has 2 aromatic carbocycles. The van der Waals surface area contributed by atoms with E-state index < -0.39 is 13.2 Å². The number of ether oxygens (including phenoxy) is 1. The van der Waals surface area contributed by atoms with Gasteiger partial charge in [0.2, 0.25) is 7.37 Å². The Morgan fingerprint density at radius 2 is 2.00 bits per heavy atom. The predicted molar refractivity (Wildman–Crippen MR) is 90.5 cm³/mol. The van der Waals surface area contributed by atoms with Crippen LogP contribution in [0, 0.1) is 17.1 Å². The molecule has 2 aromatic rings. The highest BCUT2D eigenvalue weighted by Gasteiger charge is 2.32. The molecule has 1 atom stereocenters. The molecule has 0 saturated carbocycles. The van der Waals surface area contributed by atoms with Gasteiger partial charge in [0.1, 0.15) is 17.3 Å². The van der Waals surface area contributed by atoms with Crippen LogP contribution in [0.5, 0.6) is 11.5 Å². The Balaban J connectivity index is 2.08. The molecule has 25 heavy (non-hydrogen) atoms. The lowest BCUT2D eigenvalue weighted by Crippen LogP contribution is -2.15. The molecule has 1 aliphatic rings. The van der Waals surface area contributed by atoms with Gasteiger partial charge in [-0.15, -0.1) is 0 Å². The number of rotatable bonds is 4. The van der Waals surface area contributed by atoms with Crippen LogP contribution in [-0.2, 0) is 15.5 Å². The van der Waals surface area contributed by atoms with Gasteiger partial charge in [-0.2, -0.15) is 5.26 Å². The highest BCUT2D eigenvalue weighted by Crippen LogP contribution is 2.45. The summed E-state index contributed by atoms with van der Waals surface area (Å²) in [6, 6.07) is 8.69. The van der Waals surface area contributed by atoms with Gasteiger partial charge in [-0.05, 0) is 30.7 Å². The molecular weight excluding hydrogens is 344 g/mol. The molecule has 0 aliphatic heterocycles. The standard InChI is InChI=1S/C18H15FNO4P/c1-23-25(2,22)17-6-5-16(14-3-4-15(21)18(14)17)24-13-8-11(10-20)7-12(19)9-13/h5-9H,3-4H2,1-2H3. The van der Waals surface area contributed by atoms with E-state index >= 15 is 0 Å². The number of fused-ring (bicyclic) bond motifs is 1. The summed E-state index contributed by atoms with van der Waals surface area (Å²) in [7, 11) is -1.77. The SMILES string of the molecule is COP(C)(=O)c1ccc(Oc2cc(F)cc(C#N)c2)c2c1C(=O)CC2. The van der Waals surface area contributed by atoms with Crippen LogP contribution in [0.15, 0.2) is 30.3 Å². The normalized spacial score (nSPS) is 15.4. The Kier molecular flexibility index (Phi) is 4.47. The minimum absolute atomic E-state index is 0.119. The molecule has 3 rings (SSSR count). The smallest absolute Gasteiger partial charge is 0.229 e. The first kappa shape index (κ1) is 17.3. The van der Waals surface area contributed by atoms with Gasteiger partial charge >= 0.3 is 0 Å². The van der Waals surface area contributed by atoms with E-state index in [1.165, 1.54) is 19.8 Å². The third-order valence-corrected chi connectivity index (χ3v) is 6.09. The summed E-state index contributed by atoms with van der Waals surface area (Å²) >= 11 is 0. The first-order chi connectivity index (χ1) is 11.9. The third-order valence-electron chi connectivity index (χ3n) is 4.14. The van der Waals surface area contributed by atoms with Crippen molar-refractivity contribution in [1.82, 2.24) is 0 Å². The Morgan fingerprint density at radius 1 is 1.24 bits per heavy atom. The van der Waals surface area contributed by atoms with Gasteiger partial charge in [-0.1, -0.05) is 0 Å². The molecule has 0 spiro atoms. The maximum atomic E-state index is 13.6. The van der Waals surface area contributed by atoms with Crippen LogP contribution in [0.3, 0.4) is 0 Å². The molecule has 0 heterocycles. The van der Waals surface area contributed by atoms with Crippen molar-refractivity contribution in [3.05, 3.63) is 52.8 Å². The highest BCUT2D eigenvalue weighted by atomic mass is 31.2. The van der Waals surface area contributed by atoms with E-state index in [1.54, 1.807) is 12.1 Å². The number of Topliss-reactive ketones (excluding diaryl/α,β-unsaturated/α-hetero) is 1. The number of nitriles is 1. The van der Waals surface area contributed by atoms with Crippen molar-refractivity contribution in [2.24, 2.45) is 0 Å². The maximum absolute atomic E-state index is 13.6. The number of nitrogens with zero attached hydrogens (tertiary/aromatic N) is 1. The summed E-state index contributed by atoms with van der Waals surface area (Å²) in [4.78, 5) is 12.3. The largest absolute Gasteiger partial charge is 0.457 e. The van der Waals surface area contributed by atoms with Crippen molar-refractivity contribution >= 4 is 18.5 Å². The van der Waals surface area contributed by atoms with Crippen LogP contribution < -0.4 is 10.0 Å². The van der Waals surface area contributed by atoms with Crippen LogP contribution in [0.2, 0.25) is 0 Å². The lowest BCUT2D eigenvalue weighted by Gasteiger charge is -2.17. The number of carbonyl (C=O) groups excluding carboxylic acids is 1. The minimum atomic E-state index is -3.11. The lowest BCUT2D eigenvalue weighted by molar-refractivity contribution is 0.0995. The third kappa shape index (κ3) is 3.21. The number of benzene rings is 2. The second-order valence-corrected chi connectivity index (χ2v) is 8.32.